The number of carbonyl (C=O) groups is 4. The smallest absolute Gasteiger partial charge is 0.340 e. The molecule has 0 aromatic rings. The molecule has 0 aromatic heterocycles. The molecule has 1 aliphatic rings. The number of nitrogens with one attached hydrogen (secondary N) is 1. The van der Waals surface area contributed by atoms with Gasteiger partial charge < -0.3 is 25.6 Å². The van der Waals surface area contributed by atoms with Gasteiger partial charge in [-0.05, 0) is 31.6 Å². The van der Waals surface area contributed by atoms with Gasteiger partial charge in [0.15, 0.2) is 0 Å². The summed E-state index contributed by atoms with van der Waals surface area (Å²) in [6.45, 7) is 2.11. The van der Waals surface area contributed by atoms with E-state index in [1.807, 2.05) is 0 Å². The van der Waals surface area contributed by atoms with Crippen LogP contribution in [0.3, 0.4) is 0 Å². The number of rotatable bonds is 7. The number of ether oxygens (including phenoxy) is 2. The number of hydrogen-bond acceptors (Lipinski definition) is 7. The monoisotopic (exact) mass is 344 g/mol. The number of aliphatic carboxylic acids is 1. The SMILES string of the molecule is COC(=O)C(NC(=O)C(N)CC(=O)O)C(=O)OC1CCC(C)CC1. The zero-order valence-corrected chi connectivity index (χ0v) is 13.8. The summed E-state index contributed by atoms with van der Waals surface area (Å²) in [5.41, 5.74) is 5.41. The number of methoxy groups -OCH3 is 1. The molecule has 9 heteroatoms. The molecule has 2 unspecified atom stereocenters. The molecule has 1 rings (SSSR count). The van der Waals surface area contributed by atoms with Gasteiger partial charge in [-0.25, -0.2) is 9.59 Å². The van der Waals surface area contributed by atoms with Crippen molar-refractivity contribution in [2.24, 2.45) is 11.7 Å². The van der Waals surface area contributed by atoms with Crippen LogP contribution in [-0.2, 0) is 28.7 Å². The molecule has 0 spiro atoms. The van der Waals surface area contributed by atoms with Gasteiger partial charge in [-0.15, -0.1) is 0 Å². The Morgan fingerprint density at radius 3 is 2.25 bits per heavy atom. The molecular formula is C15H24N2O7. The Kier molecular flexibility index (Phi) is 7.63. The van der Waals surface area contributed by atoms with Gasteiger partial charge in [-0.2, -0.15) is 0 Å². The third-order valence-corrected chi connectivity index (χ3v) is 3.94. The Balaban J connectivity index is 2.67. The molecule has 136 valence electrons. The van der Waals surface area contributed by atoms with Crippen molar-refractivity contribution in [1.82, 2.24) is 5.32 Å². The zero-order chi connectivity index (χ0) is 18.3. The molecule has 9 nitrogen and oxygen atoms in total. The predicted octanol–water partition coefficient (Wildman–Crippen LogP) is -0.432. The van der Waals surface area contributed by atoms with Crippen molar-refractivity contribution >= 4 is 23.8 Å². The normalized spacial score (nSPS) is 22.8. The molecule has 0 aromatic carbocycles. The number of carbonyl (C=O) groups excluding carboxylic acids is 3. The van der Waals surface area contributed by atoms with Crippen molar-refractivity contribution in [2.75, 3.05) is 7.11 Å². The minimum Gasteiger partial charge on any atom is -0.481 e. The predicted molar refractivity (Wildman–Crippen MR) is 81.7 cm³/mol. The molecule has 1 aliphatic carbocycles. The summed E-state index contributed by atoms with van der Waals surface area (Å²) < 4.78 is 9.76. The summed E-state index contributed by atoms with van der Waals surface area (Å²) in [7, 11) is 1.06. The van der Waals surface area contributed by atoms with Crippen LogP contribution in [0.25, 0.3) is 0 Å². The highest BCUT2D eigenvalue weighted by molar-refractivity contribution is 6.03. The van der Waals surface area contributed by atoms with Crippen LogP contribution in [0.15, 0.2) is 0 Å². The molecule has 0 heterocycles. The third-order valence-electron chi connectivity index (χ3n) is 3.94. The van der Waals surface area contributed by atoms with E-state index in [1.54, 1.807) is 0 Å². The highest BCUT2D eigenvalue weighted by Gasteiger charge is 2.35. The van der Waals surface area contributed by atoms with Crippen molar-refractivity contribution in [3.05, 3.63) is 0 Å². The molecule has 2 atom stereocenters. The standard InChI is InChI=1S/C15H24N2O7/c1-8-3-5-9(6-4-8)24-15(22)12(14(21)23-2)17-13(20)10(16)7-11(18)19/h8-10,12H,3-7,16H2,1-2H3,(H,17,20)(H,18,19). The van der Waals surface area contributed by atoms with Crippen LogP contribution < -0.4 is 11.1 Å². The van der Waals surface area contributed by atoms with Crippen LogP contribution in [0.5, 0.6) is 0 Å². The third kappa shape index (κ3) is 6.15. The maximum Gasteiger partial charge on any atom is 0.340 e. The maximum atomic E-state index is 12.2. The molecule has 0 bridgehead atoms. The van der Waals surface area contributed by atoms with E-state index in [0.29, 0.717) is 18.8 Å². The van der Waals surface area contributed by atoms with E-state index in [0.717, 1.165) is 20.0 Å². The van der Waals surface area contributed by atoms with E-state index in [9.17, 15) is 19.2 Å². The number of nitrogens with two attached hydrogens (primary N) is 1. The highest BCUT2D eigenvalue weighted by atomic mass is 16.6. The summed E-state index contributed by atoms with van der Waals surface area (Å²) in [5.74, 6) is -3.59. The van der Waals surface area contributed by atoms with Crippen molar-refractivity contribution in [2.45, 2.75) is 57.2 Å². The largest absolute Gasteiger partial charge is 0.481 e. The summed E-state index contributed by atoms with van der Waals surface area (Å²) >= 11 is 0. The Bertz CT molecular complexity index is 486. The van der Waals surface area contributed by atoms with Crippen molar-refractivity contribution in [3.8, 4) is 0 Å². The van der Waals surface area contributed by atoms with Gasteiger partial charge in [0.2, 0.25) is 11.9 Å². The first-order chi connectivity index (χ1) is 11.2. The van der Waals surface area contributed by atoms with Crippen LogP contribution in [0.4, 0.5) is 0 Å². The lowest BCUT2D eigenvalue weighted by Gasteiger charge is -2.27. The number of hydrogen-bond donors (Lipinski definition) is 3. The van der Waals surface area contributed by atoms with E-state index >= 15 is 0 Å². The molecule has 24 heavy (non-hydrogen) atoms. The Labute approximate surface area is 139 Å². The van der Waals surface area contributed by atoms with Gasteiger partial charge >= 0.3 is 17.9 Å². The molecule has 4 N–H and O–H groups in total. The number of esters is 2. The second kappa shape index (κ2) is 9.21. The molecule has 0 aliphatic heterocycles. The first kappa shape index (κ1) is 19.9. The Morgan fingerprint density at radius 2 is 1.75 bits per heavy atom. The summed E-state index contributed by atoms with van der Waals surface area (Å²) in [4.78, 5) is 46.3. The average Bonchev–Trinajstić information content (AvgIpc) is 2.52. The van der Waals surface area contributed by atoms with Crippen LogP contribution >= 0.6 is 0 Å². The summed E-state index contributed by atoms with van der Waals surface area (Å²) in [6, 6.07) is -3.06. The lowest BCUT2D eigenvalue weighted by molar-refractivity contribution is -0.163. The molecule has 0 saturated heterocycles. The maximum absolute atomic E-state index is 12.2. The molecule has 0 radical (unpaired) electrons. The van der Waals surface area contributed by atoms with Gasteiger partial charge in [-0.1, -0.05) is 6.92 Å². The second-order valence-electron chi connectivity index (χ2n) is 5.99. The van der Waals surface area contributed by atoms with Gasteiger partial charge in [0.05, 0.1) is 19.6 Å². The number of amides is 1. The van der Waals surface area contributed by atoms with Crippen LogP contribution in [-0.4, -0.2) is 54.2 Å². The topological polar surface area (TPSA) is 145 Å². The lowest BCUT2D eigenvalue weighted by Crippen LogP contribution is -2.53. The molecule has 1 saturated carbocycles. The van der Waals surface area contributed by atoms with E-state index < -0.39 is 42.3 Å². The minimum absolute atomic E-state index is 0.314. The number of carboxylic acids is 1. The summed E-state index contributed by atoms with van der Waals surface area (Å²) in [6.07, 6.45) is 2.26. The summed E-state index contributed by atoms with van der Waals surface area (Å²) in [5, 5.41) is 10.7. The van der Waals surface area contributed by atoms with Crippen LogP contribution in [0, 0.1) is 5.92 Å². The van der Waals surface area contributed by atoms with Gasteiger partial charge in [-0.3, -0.25) is 9.59 Å². The fraction of sp³-hybridized carbons (Fsp3) is 0.733. The van der Waals surface area contributed by atoms with E-state index in [1.165, 1.54) is 0 Å². The Hall–Kier alpha value is -2.16. The molecule has 1 amide bonds. The van der Waals surface area contributed by atoms with Gasteiger partial charge in [0.25, 0.3) is 0 Å². The van der Waals surface area contributed by atoms with E-state index in [2.05, 4.69) is 17.0 Å². The van der Waals surface area contributed by atoms with E-state index in [4.69, 9.17) is 15.6 Å². The first-order valence-corrected chi connectivity index (χ1v) is 7.80. The lowest BCUT2D eigenvalue weighted by atomic mass is 9.89. The van der Waals surface area contributed by atoms with Crippen LogP contribution in [0.2, 0.25) is 0 Å². The molecule has 1 fully saturated rings. The Morgan fingerprint density at radius 1 is 1.17 bits per heavy atom. The molecular weight excluding hydrogens is 320 g/mol. The van der Waals surface area contributed by atoms with Crippen molar-refractivity contribution in [1.29, 1.82) is 0 Å². The fourth-order valence-electron chi connectivity index (χ4n) is 2.44. The van der Waals surface area contributed by atoms with E-state index in [-0.39, 0.29) is 6.10 Å². The van der Waals surface area contributed by atoms with Gasteiger partial charge in [0.1, 0.15) is 6.10 Å². The fourth-order valence-corrected chi connectivity index (χ4v) is 2.44. The average molecular weight is 344 g/mol. The highest BCUT2D eigenvalue weighted by Crippen LogP contribution is 2.25. The van der Waals surface area contributed by atoms with Crippen molar-refractivity contribution < 1.29 is 33.8 Å². The van der Waals surface area contributed by atoms with Crippen LogP contribution in [0.1, 0.15) is 39.0 Å². The number of carboxylic acid groups (broad SMARTS) is 1. The van der Waals surface area contributed by atoms with Crippen molar-refractivity contribution in [3.63, 3.8) is 0 Å². The quantitative estimate of drug-likeness (QED) is 0.416. The first-order valence-electron chi connectivity index (χ1n) is 7.80. The minimum atomic E-state index is -1.67. The van der Waals surface area contributed by atoms with Gasteiger partial charge in [0, 0.05) is 0 Å². The second-order valence-corrected chi connectivity index (χ2v) is 5.99. The zero-order valence-electron chi connectivity index (χ0n) is 13.8.